The Labute approximate surface area is 107 Å². The van der Waals surface area contributed by atoms with Gasteiger partial charge in [0.05, 0.1) is 5.56 Å². The van der Waals surface area contributed by atoms with Gasteiger partial charge in [-0.3, -0.25) is 0 Å². The molecule has 0 aliphatic heterocycles. The quantitative estimate of drug-likeness (QED) is 0.489. The Balaban J connectivity index is 2.46. The first-order valence-corrected chi connectivity index (χ1v) is 6.49. The smallest absolute Gasteiger partial charge is 0.313 e. The third-order valence-corrected chi connectivity index (χ3v) is 2.86. The van der Waals surface area contributed by atoms with E-state index in [2.05, 4.69) is 27.9 Å². The zero-order chi connectivity index (χ0) is 12.0. The summed E-state index contributed by atoms with van der Waals surface area (Å²) in [7, 11) is 0. The number of hydrogen-bond acceptors (Lipinski definition) is 1. The van der Waals surface area contributed by atoms with Crippen LogP contribution in [0.25, 0.3) is 0 Å². The number of rotatable bonds is 5. The summed E-state index contributed by atoms with van der Waals surface area (Å²) in [5.41, 5.74) is 0.282. The number of nitrogens with one attached hydrogen (secondary N) is 1. The Morgan fingerprint density at radius 2 is 1.75 bits per heavy atom. The monoisotopic (exact) mass is 343 g/mol. The van der Waals surface area contributed by atoms with Gasteiger partial charge < -0.3 is 5.32 Å². The molecule has 90 valence electrons. The van der Waals surface area contributed by atoms with Crippen molar-refractivity contribution in [2.75, 3.05) is 11.0 Å². The molecule has 1 aromatic carbocycles. The number of alkyl halides is 4. The zero-order valence-electron chi connectivity index (χ0n) is 8.65. The van der Waals surface area contributed by atoms with E-state index in [4.69, 9.17) is 0 Å². The van der Waals surface area contributed by atoms with Crippen LogP contribution in [0.4, 0.5) is 13.2 Å². The lowest BCUT2D eigenvalue weighted by atomic mass is 10.1. The molecule has 16 heavy (non-hydrogen) atoms. The maximum atomic E-state index is 12.3. The fourth-order valence-corrected chi connectivity index (χ4v) is 1.62. The Kier molecular flexibility index (Phi) is 5.54. The molecule has 0 saturated heterocycles. The molecular formula is C11H13F3IN. The number of benzene rings is 1. The average Bonchev–Trinajstić information content (AvgIpc) is 2.24. The van der Waals surface area contributed by atoms with Crippen molar-refractivity contribution >= 4 is 22.6 Å². The highest BCUT2D eigenvalue weighted by molar-refractivity contribution is 14.1. The highest BCUT2D eigenvalue weighted by Crippen LogP contribution is 2.28. The maximum Gasteiger partial charge on any atom is 0.416 e. The summed E-state index contributed by atoms with van der Waals surface area (Å²) in [5, 5.41) is 3.17. The van der Waals surface area contributed by atoms with Crippen LogP contribution < -0.4 is 5.32 Å². The van der Waals surface area contributed by atoms with Crippen molar-refractivity contribution in [3.8, 4) is 0 Å². The van der Waals surface area contributed by atoms with Gasteiger partial charge in [-0.25, -0.2) is 0 Å². The first-order chi connectivity index (χ1) is 7.54. The lowest BCUT2D eigenvalue weighted by Gasteiger charge is -2.08. The molecule has 0 aliphatic carbocycles. The Hall–Kier alpha value is -0.300. The molecule has 0 saturated carbocycles. The molecule has 1 nitrogen and oxygen atoms in total. The van der Waals surface area contributed by atoms with Crippen molar-refractivity contribution in [3.05, 3.63) is 35.4 Å². The second-order valence-electron chi connectivity index (χ2n) is 3.41. The van der Waals surface area contributed by atoms with Gasteiger partial charge in [0, 0.05) is 11.0 Å². The summed E-state index contributed by atoms with van der Waals surface area (Å²) in [6, 6.07) is 5.27. The van der Waals surface area contributed by atoms with E-state index in [9.17, 15) is 13.2 Å². The molecule has 0 fully saturated rings. The third kappa shape index (κ3) is 4.69. The normalized spacial score (nSPS) is 11.8. The Morgan fingerprint density at radius 1 is 1.12 bits per heavy atom. The van der Waals surface area contributed by atoms with Crippen molar-refractivity contribution in [1.82, 2.24) is 5.32 Å². The minimum absolute atomic E-state index is 0.594. The summed E-state index contributed by atoms with van der Waals surface area (Å²) in [5.74, 6) is 0. The predicted molar refractivity (Wildman–Crippen MR) is 66.7 cm³/mol. The predicted octanol–water partition coefficient (Wildman–Crippen LogP) is 3.62. The fraction of sp³-hybridized carbons (Fsp3) is 0.455. The largest absolute Gasteiger partial charge is 0.416 e. The van der Waals surface area contributed by atoms with Crippen molar-refractivity contribution in [2.24, 2.45) is 0 Å². The second kappa shape index (κ2) is 6.44. The number of halogens is 4. The molecule has 0 atom stereocenters. The van der Waals surface area contributed by atoms with E-state index in [0.717, 1.165) is 35.1 Å². The zero-order valence-corrected chi connectivity index (χ0v) is 10.8. The van der Waals surface area contributed by atoms with Crippen LogP contribution in [0.2, 0.25) is 0 Å². The average molecular weight is 343 g/mol. The van der Waals surface area contributed by atoms with Gasteiger partial charge in [-0.05, 0) is 30.7 Å². The summed E-state index contributed by atoms with van der Waals surface area (Å²) in [4.78, 5) is 0. The van der Waals surface area contributed by atoms with Crippen LogP contribution >= 0.6 is 22.6 Å². The summed E-state index contributed by atoms with van der Waals surface area (Å²) >= 11 is 2.29. The summed E-state index contributed by atoms with van der Waals surface area (Å²) < 4.78 is 37.8. The molecule has 0 amide bonds. The minimum Gasteiger partial charge on any atom is -0.313 e. The van der Waals surface area contributed by atoms with Gasteiger partial charge >= 0.3 is 6.18 Å². The lowest BCUT2D eigenvalue weighted by Crippen LogP contribution is -2.15. The van der Waals surface area contributed by atoms with E-state index in [0.29, 0.717) is 6.54 Å². The third-order valence-electron chi connectivity index (χ3n) is 2.10. The highest BCUT2D eigenvalue weighted by Gasteiger charge is 2.29. The second-order valence-corrected chi connectivity index (χ2v) is 4.49. The van der Waals surface area contributed by atoms with Gasteiger partial charge in [0.2, 0.25) is 0 Å². The molecule has 0 radical (unpaired) electrons. The molecule has 0 aliphatic rings. The van der Waals surface area contributed by atoms with Crippen LogP contribution in [0.3, 0.4) is 0 Å². The van der Waals surface area contributed by atoms with Crippen molar-refractivity contribution < 1.29 is 13.2 Å². The standard InChI is InChI=1S/C11H13F3IN/c12-11(13,14)10-4-2-9(3-5-10)8-16-7-1-6-15/h2-5,16H,1,6-8H2. The van der Waals surface area contributed by atoms with E-state index in [-0.39, 0.29) is 0 Å². The Bertz CT molecular complexity index is 308. The van der Waals surface area contributed by atoms with Crippen LogP contribution in [-0.2, 0) is 12.7 Å². The van der Waals surface area contributed by atoms with E-state index >= 15 is 0 Å². The molecule has 1 aromatic rings. The highest BCUT2D eigenvalue weighted by atomic mass is 127. The van der Waals surface area contributed by atoms with Gasteiger partial charge in [0.25, 0.3) is 0 Å². The first kappa shape index (κ1) is 13.8. The van der Waals surface area contributed by atoms with Gasteiger partial charge in [-0.2, -0.15) is 13.2 Å². The van der Waals surface area contributed by atoms with Gasteiger partial charge in [-0.15, -0.1) is 0 Å². The van der Waals surface area contributed by atoms with E-state index < -0.39 is 11.7 Å². The SMILES string of the molecule is FC(F)(F)c1ccc(CNCCCI)cc1. The molecule has 5 heteroatoms. The van der Waals surface area contributed by atoms with Crippen LogP contribution in [-0.4, -0.2) is 11.0 Å². The lowest BCUT2D eigenvalue weighted by molar-refractivity contribution is -0.137. The van der Waals surface area contributed by atoms with Gasteiger partial charge in [0.15, 0.2) is 0 Å². The molecule has 0 aromatic heterocycles. The maximum absolute atomic E-state index is 12.3. The molecule has 1 N–H and O–H groups in total. The number of hydrogen-bond donors (Lipinski definition) is 1. The van der Waals surface area contributed by atoms with E-state index in [1.165, 1.54) is 12.1 Å². The van der Waals surface area contributed by atoms with Crippen molar-refractivity contribution in [2.45, 2.75) is 19.1 Å². The Morgan fingerprint density at radius 3 is 2.25 bits per heavy atom. The van der Waals surface area contributed by atoms with Gasteiger partial charge in [0.1, 0.15) is 0 Å². The van der Waals surface area contributed by atoms with Crippen molar-refractivity contribution in [3.63, 3.8) is 0 Å². The molecule has 1 rings (SSSR count). The van der Waals surface area contributed by atoms with Crippen LogP contribution in [0.5, 0.6) is 0 Å². The molecular weight excluding hydrogens is 330 g/mol. The molecule has 0 bridgehead atoms. The molecule has 0 spiro atoms. The fourth-order valence-electron chi connectivity index (χ4n) is 1.24. The topological polar surface area (TPSA) is 12.0 Å². The minimum atomic E-state index is -4.24. The summed E-state index contributed by atoms with van der Waals surface area (Å²) in [6.45, 7) is 1.51. The molecule has 0 heterocycles. The van der Waals surface area contributed by atoms with Crippen molar-refractivity contribution in [1.29, 1.82) is 0 Å². The van der Waals surface area contributed by atoms with Crippen LogP contribution in [0.1, 0.15) is 17.5 Å². The summed E-state index contributed by atoms with van der Waals surface area (Å²) in [6.07, 6.45) is -3.17. The van der Waals surface area contributed by atoms with Crippen LogP contribution in [0, 0.1) is 0 Å². The van der Waals surface area contributed by atoms with Gasteiger partial charge in [-0.1, -0.05) is 34.7 Å². The van der Waals surface area contributed by atoms with E-state index in [1.807, 2.05) is 0 Å². The molecule has 0 unspecified atom stereocenters. The van der Waals surface area contributed by atoms with Crippen LogP contribution in [0.15, 0.2) is 24.3 Å². The first-order valence-electron chi connectivity index (χ1n) is 4.97. The van der Waals surface area contributed by atoms with E-state index in [1.54, 1.807) is 0 Å².